The van der Waals surface area contributed by atoms with E-state index in [9.17, 15) is 8.78 Å². The van der Waals surface area contributed by atoms with Crippen molar-refractivity contribution in [1.82, 2.24) is 5.32 Å². The lowest BCUT2D eigenvalue weighted by Gasteiger charge is -2.13. The maximum atomic E-state index is 11.8. The highest BCUT2D eigenvalue weighted by atomic mass is 32.1. The van der Waals surface area contributed by atoms with Crippen molar-refractivity contribution in [2.45, 2.75) is 33.2 Å². The second-order valence-corrected chi connectivity index (χ2v) is 5.47. The molecule has 0 fully saturated rings. The molecular formula is C12H19F2NOS. The van der Waals surface area contributed by atoms with Gasteiger partial charge in [0.15, 0.2) is 0 Å². The molecule has 98 valence electrons. The Morgan fingerprint density at radius 3 is 2.65 bits per heavy atom. The monoisotopic (exact) mass is 263 g/mol. The normalized spacial score (nSPS) is 13.3. The topological polar surface area (TPSA) is 21.3 Å². The fourth-order valence-corrected chi connectivity index (χ4v) is 2.73. The van der Waals surface area contributed by atoms with Crippen molar-refractivity contribution in [3.8, 4) is 0 Å². The maximum absolute atomic E-state index is 11.8. The van der Waals surface area contributed by atoms with Crippen LogP contribution < -0.4 is 5.32 Å². The van der Waals surface area contributed by atoms with Crippen molar-refractivity contribution in [2.24, 2.45) is 0 Å². The molecule has 0 aliphatic heterocycles. The molecule has 2 nitrogen and oxygen atoms in total. The van der Waals surface area contributed by atoms with E-state index >= 15 is 0 Å². The van der Waals surface area contributed by atoms with E-state index in [-0.39, 0.29) is 6.04 Å². The Morgan fingerprint density at radius 1 is 1.41 bits per heavy atom. The molecule has 0 saturated heterocycles. The molecule has 1 N–H and O–H groups in total. The molecule has 1 heterocycles. The molecule has 1 aromatic rings. The molecule has 0 saturated carbocycles. The highest BCUT2D eigenvalue weighted by Crippen LogP contribution is 2.25. The summed E-state index contributed by atoms with van der Waals surface area (Å²) in [5.41, 5.74) is 1.28. The van der Waals surface area contributed by atoms with Gasteiger partial charge in [-0.25, -0.2) is 8.78 Å². The van der Waals surface area contributed by atoms with E-state index in [4.69, 9.17) is 4.74 Å². The van der Waals surface area contributed by atoms with Crippen LogP contribution in [0.4, 0.5) is 8.78 Å². The number of rotatable bonds is 7. The molecule has 1 atom stereocenters. The number of halogens is 2. The van der Waals surface area contributed by atoms with Gasteiger partial charge in [0.2, 0.25) is 0 Å². The number of aryl methyl sites for hydroxylation is 2. The molecule has 1 aromatic heterocycles. The molecular weight excluding hydrogens is 244 g/mol. The average Bonchev–Trinajstić information content (AvgIpc) is 2.56. The first-order valence-corrected chi connectivity index (χ1v) is 6.48. The summed E-state index contributed by atoms with van der Waals surface area (Å²) in [7, 11) is 0. The van der Waals surface area contributed by atoms with Gasteiger partial charge in [-0.05, 0) is 32.4 Å². The average molecular weight is 263 g/mol. The SMILES string of the molecule is Cc1cc(C(C)NCCOCC(F)F)c(C)s1. The van der Waals surface area contributed by atoms with Crippen molar-refractivity contribution < 1.29 is 13.5 Å². The smallest absolute Gasteiger partial charge is 0.261 e. The van der Waals surface area contributed by atoms with Gasteiger partial charge in [-0.3, -0.25) is 0 Å². The van der Waals surface area contributed by atoms with Gasteiger partial charge in [0.1, 0.15) is 6.61 Å². The Balaban J connectivity index is 2.25. The van der Waals surface area contributed by atoms with Gasteiger partial charge >= 0.3 is 0 Å². The van der Waals surface area contributed by atoms with Gasteiger partial charge in [-0.15, -0.1) is 11.3 Å². The number of alkyl halides is 2. The molecule has 1 unspecified atom stereocenters. The second kappa shape index (κ2) is 7.03. The molecule has 0 aliphatic carbocycles. The van der Waals surface area contributed by atoms with Crippen molar-refractivity contribution in [2.75, 3.05) is 19.8 Å². The quantitative estimate of drug-likeness (QED) is 0.762. The summed E-state index contributed by atoms with van der Waals surface area (Å²) in [6.45, 7) is 6.67. The van der Waals surface area contributed by atoms with Crippen molar-refractivity contribution in [3.63, 3.8) is 0 Å². The van der Waals surface area contributed by atoms with E-state index in [2.05, 4.69) is 32.2 Å². The van der Waals surface area contributed by atoms with Crippen LogP contribution >= 0.6 is 11.3 Å². The lowest BCUT2D eigenvalue weighted by atomic mass is 10.1. The predicted octanol–water partition coefficient (Wildman–Crippen LogP) is 3.30. The molecule has 0 radical (unpaired) electrons. The first-order chi connectivity index (χ1) is 8.00. The number of ether oxygens (including phenoxy) is 1. The lowest BCUT2D eigenvalue weighted by Crippen LogP contribution is -2.24. The molecule has 0 aliphatic rings. The van der Waals surface area contributed by atoms with Crippen LogP contribution in [0.15, 0.2) is 6.07 Å². The molecule has 0 bridgehead atoms. The minimum atomic E-state index is -2.38. The van der Waals surface area contributed by atoms with Crippen molar-refractivity contribution in [1.29, 1.82) is 0 Å². The molecule has 5 heteroatoms. The van der Waals surface area contributed by atoms with Crippen LogP contribution in [0.3, 0.4) is 0 Å². The Bertz CT molecular complexity index is 341. The van der Waals surface area contributed by atoms with Crippen LogP contribution in [0.25, 0.3) is 0 Å². The van der Waals surface area contributed by atoms with E-state index in [1.54, 1.807) is 11.3 Å². The summed E-state index contributed by atoms with van der Waals surface area (Å²) in [4.78, 5) is 2.59. The number of nitrogens with one attached hydrogen (secondary N) is 1. The summed E-state index contributed by atoms with van der Waals surface area (Å²) in [6.07, 6.45) is -2.38. The minimum Gasteiger partial charge on any atom is -0.374 e. The zero-order chi connectivity index (χ0) is 12.8. The number of thiophene rings is 1. The maximum Gasteiger partial charge on any atom is 0.261 e. The molecule has 17 heavy (non-hydrogen) atoms. The minimum absolute atomic E-state index is 0.232. The summed E-state index contributed by atoms with van der Waals surface area (Å²) in [5, 5.41) is 3.26. The molecule has 0 aromatic carbocycles. The Kier molecular flexibility index (Phi) is 6.02. The van der Waals surface area contributed by atoms with Crippen LogP contribution in [0.5, 0.6) is 0 Å². The zero-order valence-corrected chi connectivity index (χ0v) is 11.2. The van der Waals surface area contributed by atoms with Crippen LogP contribution in [-0.4, -0.2) is 26.2 Å². The lowest BCUT2D eigenvalue weighted by molar-refractivity contribution is 0.0183. The van der Waals surface area contributed by atoms with E-state index in [0.717, 1.165) is 0 Å². The number of hydrogen-bond donors (Lipinski definition) is 1. The summed E-state index contributed by atoms with van der Waals surface area (Å²) in [6, 6.07) is 2.40. The van der Waals surface area contributed by atoms with Crippen LogP contribution in [0.2, 0.25) is 0 Å². The van der Waals surface area contributed by atoms with E-state index in [0.29, 0.717) is 13.2 Å². The molecule has 1 rings (SSSR count). The predicted molar refractivity (Wildman–Crippen MR) is 67.0 cm³/mol. The van der Waals surface area contributed by atoms with Crippen LogP contribution in [0.1, 0.15) is 28.3 Å². The van der Waals surface area contributed by atoms with Crippen LogP contribution in [0, 0.1) is 13.8 Å². The van der Waals surface area contributed by atoms with Gasteiger partial charge in [0, 0.05) is 22.3 Å². The Morgan fingerprint density at radius 2 is 2.12 bits per heavy atom. The third-order valence-corrected chi connectivity index (χ3v) is 3.47. The summed E-state index contributed by atoms with van der Waals surface area (Å²) in [5.74, 6) is 0. The Labute approximate surface area is 105 Å². The first kappa shape index (κ1) is 14.5. The second-order valence-electron chi connectivity index (χ2n) is 4.01. The standard InChI is InChI=1S/C12H19F2NOS/c1-8-6-11(10(3)17-8)9(2)15-4-5-16-7-12(13)14/h6,9,12,15H,4-5,7H2,1-3H3. The fraction of sp³-hybridized carbons (Fsp3) is 0.667. The largest absolute Gasteiger partial charge is 0.374 e. The highest BCUT2D eigenvalue weighted by Gasteiger charge is 2.10. The Hall–Kier alpha value is -0.520. The van der Waals surface area contributed by atoms with E-state index in [1.165, 1.54) is 15.3 Å². The van der Waals surface area contributed by atoms with Gasteiger partial charge in [-0.1, -0.05) is 0 Å². The zero-order valence-electron chi connectivity index (χ0n) is 10.4. The highest BCUT2D eigenvalue weighted by molar-refractivity contribution is 7.12. The van der Waals surface area contributed by atoms with Crippen molar-refractivity contribution >= 4 is 11.3 Å². The van der Waals surface area contributed by atoms with Gasteiger partial charge in [-0.2, -0.15) is 0 Å². The van der Waals surface area contributed by atoms with E-state index < -0.39 is 13.0 Å². The van der Waals surface area contributed by atoms with Crippen molar-refractivity contribution in [3.05, 3.63) is 21.4 Å². The fourth-order valence-electron chi connectivity index (χ4n) is 1.71. The van der Waals surface area contributed by atoms with E-state index in [1.807, 2.05) is 0 Å². The third-order valence-electron chi connectivity index (χ3n) is 2.49. The summed E-state index contributed by atoms with van der Waals surface area (Å²) >= 11 is 1.77. The third kappa shape index (κ3) is 5.10. The van der Waals surface area contributed by atoms with Crippen LogP contribution in [-0.2, 0) is 4.74 Å². The molecule has 0 spiro atoms. The number of hydrogen-bond acceptors (Lipinski definition) is 3. The van der Waals surface area contributed by atoms with Gasteiger partial charge in [0.25, 0.3) is 6.43 Å². The van der Waals surface area contributed by atoms with Gasteiger partial charge in [0.05, 0.1) is 6.61 Å². The first-order valence-electron chi connectivity index (χ1n) is 5.67. The molecule has 0 amide bonds. The van der Waals surface area contributed by atoms with Gasteiger partial charge < -0.3 is 10.1 Å². The summed E-state index contributed by atoms with van der Waals surface area (Å²) < 4.78 is 28.4.